The minimum atomic E-state index is -4.42. The van der Waals surface area contributed by atoms with E-state index in [-0.39, 0.29) is 57.4 Å². The second-order valence-corrected chi connectivity index (χ2v) is 13.7. The molecule has 2 bridgehead atoms. The molecule has 2 aliphatic heterocycles. The Morgan fingerprint density at radius 1 is 1.18 bits per heavy atom. The highest BCUT2D eigenvalue weighted by molar-refractivity contribution is 7.92. The van der Waals surface area contributed by atoms with Crippen LogP contribution in [0.15, 0.2) is 57.0 Å². The van der Waals surface area contributed by atoms with Crippen LogP contribution in [0.4, 0.5) is 20.2 Å². The Hall–Kier alpha value is -3.52. The fraction of sp³-hybridized carbons (Fsp3) is 0.360. The molecule has 1 amide bonds. The summed E-state index contributed by atoms with van der Waals surface area (Å²) in [6.45, 7) is -0.263. The van der Waals surface area contributed by atoms with Crippen LogP contribution >= 0.6 is 0 Å². The molecule has 39 heavy (non-hydrogen) atoms. The van der Waals surface area contributed by atoms with Crippen LogP contribution in [-0.2, 0) is 31.4 Å². The van der Waals surface area contributed by atoms with E-state index in [1.165, 1.54) is 29.2 Å². The maximum Gasteiger partial charge on any atom is 0.286 e. The van der Waals surface area contributed by atoms with Gasteiger partial charge in [-0.15, -0.1) is 4.40 Å². The highest BCUT2D eigenvalue weighted by Crippen LogP contribution is 2.55. The lowest BCUT2D eigenvalue weighted by atomic mass is 9.77. The van der Waals surface area contributed by atoms with Crippen LogP contribution < -0.4 is 10.0 Å². The summed E-state index contributed by atoms with van der Waals surface area (Å²) in [5.74, 6) is -3.92. The molecule has 3 N–H and O–H groups in total. The summed E-state index contributed by atoms with van der Waals surface area (Å²) in [4.78, 5) is 15.0. The molecule has 10 nitrogen and oxygen atoms in total. The van der Waals surface area contributed by atoms with E-state index in [4.69, 9.17) is 0 Å². The first-order valence-electron chi connectivity index (χ1n) is 12.3. The SMILES string of the molecule is CS(=O)(=O)Nc1ccc2c(c1)S(=O)(=O)N=C(C1=C(O)C3C([C@@H]4CC[C@H]3C4)N(Cc3cccc(F)c3F)C1=O)N2. The first-order chi connectivity index (χ1) is 18.3. The van der Waals surface area contributed by atoms with Gasteiger partial charge in [0.05, 0.1) is 11.9 Å². The second kappa shape index (κ2) is 8.74. The van der Waals surface area contributed by atoms with E-state index in [0.29, 0.717) is 0 Å². The lowest BCUT2D eigenvalue weighted by molar-refractivity contribution is -0.134. The molecular weight excluding hydrogens is 554 g/mol. The summed E-state index contributed by atoms with van der Waals surface area (Å²) in [6.07, 6.45) is 3.31. The van der Waals surface area contributed by atoms with Crippen molar-refractivity contribution in [1.82, 2.24) is 4.90 Å². The molecule has 4 atom stereocenters. The van der Waals surface area contributed by atoms with Gasteiger partial charge < -0.3 is 15.3 Å². The van der Waals surface area contributed by atoms with Crippen molar-refractivity contribution in [3.63, 3.8) is 0 Å². The number of aliphatic hydroxyl groups excluding tert-OH is 1. The van der Waals surface area contributed by atoms with Crippen LogP contribution in [0, 0.1) is 29.4 Å². The summed E-state index contributed by atoms with van der Waals surface area (Å²) >= 11 is 0. The molecule has 0 radical (unpaired) electrons. The van der Waals surface area contributed by atoms with Crippen molar-refractivity contribution in [3.8, 4) is 0 Å². The third-order valence-corrected chi connectivity index (χ3v) is 9.84. The number of carbonyl (C=O) groups excluding carboxylic acids is 1. The molecule has 2 aromatic carbocycles. The van der Waals surface area contributed by atoms with E-state index in [1.807, 2.05) is 0 Å². The summed E-state index contributed by atoms with van der Waals surface area (Å²) in [5, 5.41) is 14.2. The number of amides is 1. The summed E-state index contributed by atoms with van der Waals surface area (Å²) in [5.41, 5.74) is -0.338. The number of anilines is 2. The van der Waals surface area contributed by atoms with Crippen LogP contribution in [0.5, 0.6) is 0 Å². The Morgan fingerprint density at radius 3 is 2.67 bits per heavy atom. The standard InChI is InChI=1S/C25H24F2N4O6S2/c1-38(34,35)29-15-7-8-17-18(10-15)39(36,37)30-24(28-17)20-23(32)19-12-5-6-13(9-12)22(19)31(25(20)33)11-14-3-2-4-16(26)21(14)27/h2-4,7-8,10,12-13,19,22,29,32H,5-6,9,11H2,1H3,(H,28,30)/t12-,13+,19?,22?/m0/s1. The molecule has 0 aromatic heterocycles. The third kappa shape index (κ3) is 4.25. The zero-order valence-electron chi connectivity index (χ0n) is 20.6. The first-order valence-corrected chi connectivity index (χ1v) is 15.6. The van der Waals surface area contributed by atoms with Crippen LogP contribution in [0.1, 0.15) is 24.8 Å². The van der Waals surface area contributed by atoms with Gasteiger partial charge in [0.2, 0.25) is 10.0 Å². The van der Waals surface area contributed by atoms with Crippen LogP contribution in [0.3, 0.4) is 0 Å². The van der Waals surface area contributed by atoms with Crippen molar-refractivity contribution in [2.45, 2.75) is 36.7 Å². The molecule has 4 aliphatic rings. The van der Waals surface area contributed by atoms with Gasteiger partial charge in [-0.25, -0.2) is 17.2 Å². The molecule has 2 aliphatic carbocycles. The monoisotopic (exact) mass is 578 g/mol. The van der Waals surface area contributed by atoms with Crippen molar-refractivity contribution in [1.29, 1.82) is 0 Å². The number of nitrogens with zero attached hydrogens (tertiary/aromatic N) is 2. The van der Waals surface area contributed by atoms with Crippen molar-refractivity contribution in [3.05, 3.63) is 64.9 Å². The molecule has 2 saturated carbocycles. The fourth-order valence-corrected chi connectivity index (χ4v) is 8.15. The Kier molecular flexibility index (Phi) is 5.77. The lowest BCUT2D eigenvalue weighted by Gasteiger charge is -2.44. The second-order valence-electron chi connectivity index (χ2n) is 10.4. The highest BCUT2D eigenvalue weighted by Gasteiger charge is 2.57. The van der Waals surface area contributed by atoms with Gasteiger partial charge in [-0.1, -0.05) is 12.1 Å². The van der Waals surface area contributed by atoms with Crippen LogP contribution in [-0.4, -0.2) is 50.9 Å². The number of aliphatic hydroxyl groups is 1. The number of amidine groups is 1. The normalized spacial score (nSPS) is 27.1. The molecular formula is C25H24F2N4O6S2. The van der Waals surface area contributed by atoms with Gasteiger partial charge in [-0.3, -0.25) is 9.52 Å². The van der Waals surface area contributed by atoms with Crippen molar-refractivity contribution in [2.75, 3.05) is 16.3 Å². The number of nitrogens with one attached hydrogen (secondary N) is 2. The topological polar surface area (TPSA) is 145 Å². The van der Waals surface area contributed by atoms with Gasteiger partial charge in [0, 0.05) is 29.8 Å². The van der Waals surface area contributed by atoms with Gasteiger partial charge in [0.1, 0.15) is 16.2 Å². The van der Waals surface area contributed by atoms with Gasteiger partial charge in [0.15, 0.2) is 17.5 Å². The minimum Gasteiger partial charge on any atom is -0.511 e. The number of hydrogen-bond acceptors (Lipinski definition) is 7. The number of benzene rings is 2. The molecule has 14 heteroatoms. The van der Waals surface area contributed by atoms with E-state index in [0.717, 1.165) is 37.7 Å². The molecule has 0 spiro atoms. The quantitative estimate of drug-likeness (QED) is 0.494. The van der Waals surface area contributed by atoms with Gasteiger partial charge in [0.25, 0.3) is 15.9 Å². The van der Waals surface area contributed by atoms with Crippen LogP contribution in [0.2, 0.25) is 0 Å². The zero-order valence-corrected chi connectivity index (χ0v) is 22.2. The van der Waals surface area contributed by atoms with Crippen LogP contribution in [0.25, 0.3) is 0 Å². The Labute approximate surface area is 223 Å². The minimum absolute atomic E-state index is 0.00389. The maximum atomic E-state index is 14.6. The number of hydrogen-bond donors (Lipinski definition) is 3. The Balaban J connectivity index is 1.42. The number of rotatable bonds is 5. The Bertz CT molecular complexity index is 1710. The van der Waals surface area contributed by atoms with Gasteiger partial charge in [-0.2, -0.15) is 8.42 Å². The third-order valence-electron chi connectivity index (χ3n) is 7.92. The molecule has 2 fully saturated rings. The average Bonchev–Trinajstić information content (AvgIpc) is 3.46. The largest absolute Gasteiger partial charge is 0.511 e. The van der Waals surface area contributed by atoms with Gasteiger partial charge in [-0.05, 0) is 55.4 Å². The van der Waals surface area contributed by atoms with Gasteiger partial charge >= 0.3 is 0 Å². The fourth-order valence-electron chi connectivity index (χ4n) is 6.45. The van der Waals surface area contributed by atoms with E-state index in [1.54, 1.807) is 0 Å². The van der Waals surface area contributed by atoms with E-state index in [9.17, 15) is 35.5 Å². The molecule has 0 saturated heterocycles. The maximum absolute atomic E-state index is 14.6. The number of halogens is 2. The predicted octanol–water partition coefficient (Wildman–Crippen LogP) is 3.12. The average molecular weight is 579 g/mol. The number of carbonyl (C=O) groups is 1. The molecule has 2 heterocycles. The zero-order chi connectivity index (χ0) is 27.9. The number of sulfonamides is 2. The molecule has 206 valence electrons. The van der Waals surface area contributed by atoms with E-state index < -0.39 is 49.5 Å². The summed E-state index contributed by atoms with van der Waals surface area (Å²) < 4.78 is 84.0. The van der Waals surface area contributed by atoms with E-state index >= 15 is 0 Å². The predicted molar refractivity (Wildman–Crippen MR) is 138 cm³/mol. The molecule has 6 rings (SSSR count). The molecule has 2 aromatic rings. The lowest BCUT2D eigenvalue weighted by Crippen LogP contribution is -2.53. The van der Waals surface area contributed by atoms with E-state index in [2.05, 4.69) is 14.4 Å². The first kappa shape index (κ1) is 25.7. The number of fused-ring (bicyclic) bond motifs is 6. The Morgan fingerprint density at radius 2 is 1.92 bits per heavy atom. The van der Waals surface area contributed by atoms with Crippen molar-refractivity contribution < 1.29 is 35.5 Å². The highest BCUT2D eigenvalue weighted by atomic mass is 32.2. The smallest absolute Gasteiger partial charge is 0.286 e. The summed E-state index contributed by atoms with van der Waals surface area (Å²) in [6, 6.07) is 7.02. The van der Waals surface area contributed by atoms with Crippen molar-refractivity contribution >= 4 is 43.2 Å². The van der Waals surface area contributed by atoms with Crippen molar-refractivity contribution in [2.24, 2.45) is 22.2 Å². The molecule has 2 unspecified atom stereocenters. The summed E-state index contributed by atoms with van der Waals surface area (Å²) in [7, 11) is -8.10.